The van der Waals surface area contributed by atoms with Crippen LogP contribution in [0, 0.1) is 22.7 Å². The SMILES string of the molecule is N#Cc1c(N)nc(OCc2ccccc2)c(C#N)c1-c1cccc(-c2ccccc2)c1. The normalized spacial score (nSPS) is 10.1. The van der Waals surface area contributed by atoms with Gasteiger partial charge in [0, 0.05) is 5.56 Å². The van der Waals surface area contributed by atoms with Crippen LogP contribution in [0.4, 0.5) is 5.82 Å². The zero-order valence-electron chi connectivity index (χ0n) is 16.6. The topological polar surface area (TPSA) is 95.7 Å². The molecule has 0 spiro atoms. The minimum Gasteiger partial charge on any atom is -0.472 e. The zero-order valence-corrected chi connectivity index (χ0v) is 16.6. The number of aromatic nitrogens is 1. The Morgan fingerprint density at radius 3 is 2.03 bits per heavy atom. The molecule has 0 atom stereocenters. The monoisotopic (exact) mass is 402 g/mol. The van der Waals surface area contributed by atoms with Crippen molar-refractivity contribution < 1.29 is 4.74 Å². The number of nitrogens with zero attached hydrogens (tertiary/aromatic N) is 3. The van der Waals surface area contributed by atoms with Crippen LogP contribution in [0.15, 0.2) is 84.9 Å². The Kier molecular flexibility index (Phi) is 5.60. The van der Waals surface area contributed by atoms with Gasteiger partial charge in [0.1, 0.15) is 35.7 Å². The third-order valence-corrected chi connectivity index (χ3v) is 4.89. The molecule has 0 aliphatic heterocycles. The number of nitrogens with two attached hydrogens (primary N) is 1. The lowest BCUT2D eigenvalue weighted by Crippen LogP contribution is -2.06. The van der Waals surface area contributed by atoms with Crippen molar-refractivity contribution in [2.75, 3.05) is 5.73 Å². The first-order valence-corrected chi connectivity index (χ1v) is 9.67. The maximum absolute atomic E-state index is 9.93. The second-order valence-corrected chi connectivity index (χ2v) is 6.87. The highest BCUT2D eigenvalue weighted by Gasteiger charge is 2.21. The number of nitriles is 2. The number of benzene rings is 3. The highest BCUT2D eigenvalue weighted by molar-refractivity contribution is 5.84. The Morgan fingerprint density at radius 2 is 1.35 bits per heavy atom. The van der Waals surface area contributed by atoms with Crippen molar-refractivity contribution >= 4 is 5.82 Å². The first-order chi connectivity index (χ1) is 15.2. The van der Waals surface area contributed by atoms with E-state index in [1.807, 2.05) is 84.9 Å². The summed E-state index contributed by atoms with van der Waals surface area (Å²) in [5.41, 5.74) is 10.5. The highest BCUT2D eigenvalue weighted by atomic mass is 16.5. The molecule has 1 heterocycles. The molecule has 1 aromatic heterocycles. The maximum Gasteiger partial charge on any atom is 0.234 e. The van der Waals surface area contributed by atoms with Crippen LogP contribution in [-0.2, 0) is 6.61 Å². The molecular formula is C26H18N4O. The molecular weight excluding hydrogens is 384 g/mol. The van der Waals surface area contributed by atoms with Gasteiger partial charge in [-0.3, -0.25) is 0 Å². The molecule has 0 saturated carbocycles. The molecule has 0 radical (unpaired) electrons. The lowest BCUT2D eigenvalue weighted by Gasteiger charge is -2.14. The van der Waals surface area contributed by atoms with E-state index in [1.165, 1.54) is 0 Å². The van der Waals surface area contributed by atoms with Crippen LogP contribution < -0.4 is 10.5 Å². The van der Waals surface area contributed by atoms with E-state index in [1.54, 1.807) is 0 Å². The first-order valence-electron chi connectivity index (χ1n) is 9.67. The summed E-state index contributed by atoms with van der Waals surface area (Å²) in [5, 5.41) is 19.7. The summed E-state index contributed by atoms with van der Waals surface area (Å²) in [6.07, 6.45) is 0. The maximum atomic E-state index is 9.93. The second-order valence-electron chi connectivity index (χ2n) is 6.87. The molecule has 0 unspecified atom stereocenters. The summed E-state index contributed by atoms with van der Waals surface area (Å²) in [5.74, 6) is 0.146. The lowest BCUT2D eigenvalue weighted by atomic mass is 9.93. The Bertz CT molecular complexity index is 1300. The van der Waals surface area contributed by atoms with E-state index >= 15 is 0 Å². The number of anilines is 1. The molecule has 0 amide bonds. The molecule has 3 aromatic carbocycles. The van der Waals surface area contributed by atoms with Crippen molar-refractivity contribution in [3.05, 3.63) is 102 Å². The van der Waals surface area contributed by atoms with Crippen molar-refractivity contribution in [2.45, 2.75) is 6.61 Å². The minimum absolute atomic E-state index is 0.0321. The molecule has 31 heavy (non-hydrogen) atoms. The van der Waals surface area contributed by atoms with E-state index < -0.39 is 0 Å². The van der Waals surface area contributed by atoms with Crippen LogP contribution >= 0.6 is 0 Å². The third-order valence-electron chi connectivity index (χ3n) is 4.89. The van der Waals surface area contributed by atoms with Crippen molar-refractivity contribution in [3.8, 4) is 40.3 Å². The van der Waals surface area contributed by atoms with E-state index in [4.69, 9.17) is 10.5 Å². The molecule has 5 nitrogen and oxygen atoms in total. The number of ether oxygens (including phenoxy) is 1. The van der Waals surface area contributed by atoms with Gasteiger partial charge >= 0.3 is 0 Å². The van der Waals surface area contributed by atoms with Crippen LogP contribution in [0.5, 0.6) is 5.88 Å². The highest BCUT2D eigenvalue weighted by Crippen LogP contribution is 2.36. The van der Waals surface area contributed by atoms with Gasteiger partial charge in [-0.15, -0.1) is 0 Å². The standard InChI is InChI=1S/C26H18N4O/c27-15-22-24(21-13-7-12-20(14-21)19-10-5-2-6-11-19)23(16-28)26(30-25(22)29)31-17-18-8-3-1-4-9-18/h1-14H,17H2,(H2,29,30). The van der Waals surface area contributed by atoms with Crippen LogP contribution in [0.25, 0.3) is 22.3 Å². The number of rotatable bonds is 5. The van der Waals surface area contributed by atoms with Gasteiger partial charge in [0.05, 0.1) is 0 Å². The molecule has 0 aliphatic rings. The van der Waals surface area contributed by atoms with Gasteiger partial charge in [-0.05, 0) is 28.3 Å². The van der Waals surface area contributed by atoms with Crippen molar-refractivity contribution in [1.82, 2.24) is 4.98 Å². The van der Waals surface area contributed by atoms with E-state index in [-0.39, 0.29) is 29.4 Å². The molecule has 4 rings (SSSR count). The Hall–Kier alpha value is -4.61. The Balaban J connectivity index is 1.83. The van der Waals surface area contributed by atoms with Gasteiger partial charge in [-0.25, -0.2) is 0 Å². The molecule has 0 aliphatic carbocycles. The van der Waals surface area contributed by atoms with Crippen molar-refractivity contribution in [1.29, 1.82) is 10.5 Å². The predicted molar refractivity (Wildman–Crippen MR) is 120 cm³/mol. The van der Waals surface area contributed by atoms with Gasteiger partial charge in [0.2, 0.25) is 5.88 Å². The van der Waals surface area contributed by atoms with Crippen LogP contribution in [0.3, 0.4) is 0 Å². The number of hydrogen-bond acceptors (Lipinski definition) is 5. The van der Waals surface area contributed by atoms with E-state index in [9.17, 15) is 10.5 Å². The second kappa shape index (κ2) is 8.82. The average Bonchev–Trinajstić information content (AvgIpc) is 2.83. The molecule has 0 fully saturated rings. The summed E-state index contributed by atoms with van der Waals surface area (Å²) in [4.78, 5) is 4.21. The summed E-state index contributed by atoms with van der Waals surface area (Å²) >= 11 is 0. The largest absolute Gasteiger partial charge is 0.472 e. The quantitative estimate of drug-likeness (QED) is 0.487. The van der Waals surface area contributed by atoms with Gasteiger partial charge < -0.3 is 10.5 Å². The molecule has 0 saturated heterocycles. The fourth-order valence-electron chi connectivity index (χ4n) is 3.40. The van der Waals surface area contributed by atoms with Gasteiger partial charge in [-0.2, -0.15) is 15.5 Å². The Labute approximate surface area is 180 Å². The molecule has 148 valence electrons. The van der Waals surface area contributed by atoms with Gasteiger partial charge in [0.25, 0.3) is 0 Å². The number of nitrogen functional groups attached to an aromatic ring is 1. The number of pyridine rings is 1. The molecule has 5 heteroatoms. The van der Waals surface area contributed by atoms with E-state index in [0.717, 1.165) is 16.7 Å². The van der Waals surface area contributed by atoms with Gasteiger partial charge in [0.15, 0.2) is 0 Å². The van der Waals surface area contributed by atoms with Crippen LogP contribution in [0.1, 0.15) is 16.7 Å². The van der Waals surface area contributed by atoms with Gasteiger partial charge in [-0.1, -0.05) is 78.9 Å². The van der Waals surface area contributed by atoms with Crippen LogP contribution in [0.2, 0.25) is 0 Å². The summed E-state index contributed by atoms with van der Waals surface area (Å²) in [7, 11) is 0. The predicted octanol–water partition coefficient (Wildman–Crippen LogP) is 5.32. The third kappa shape index (κ3) is 4.07. The Morgan fingerprint density at radius 1 is 0.742 bits per heavy atom. The molecule has 2 N–H and O–H groups in total. The number of hydrogen-bond donors (Lipinski definition) is 1. The molecule has 4 aromatic rings. The summed E-state index contributed by atoms with van der Waals surface area (Å²) < 4.78 is 5.85. The summed E-state index contributed by atoms with van der Waals surface area (Å²) in [6, 6.07) is 31.4. The fraction of sp³-hybridized carbons (Fsp3) is 0.0385. The fourth-order valence-corrected chi connectivity index (χ4v) is 3.40. The van der Waals surface area contributed by atoms with Crippen molar-refractivity contribution in [3.63, 3.8) is 0 Å². The first kappa shape index (κ1) is 19.7. The summed E-state index contributed by atoms with van der Waals surface area (Å²) in [6.45, 7) is 0.233. The smallest absolute Gasteiger partial charge is 0.234 e. The lowest BCUT2D eigenvalue weighted by molar-refractivity contribution is 0.293. The van der Waals surface area contributed by atoms with Crippen LogP contribution in [-0.4, -0.2) is 4.98 Å². The van der Waals surface area contributed by atoms with E-state index in [2.05, 4.69) is 17.1 Å². The van der Waals surface area contributed by atoms with E-state index in [0.29, 0.717) is 11.1 Å². The zero-order chi connectivity index (χ0) is 21.6. The van der Waals surface area contributed by atoms with Crippen molar-refractivity contribution in [2.24, 2.45) is 0 Å². The average molecular weight is 402 g/mol. The minimum atomic E-state index is 0.0321. The molecule has 0 bridgehead atoms.